The van der Waals surface area contributed by atoms with Gasteiger partial charge in [-0.25, -0.2) is 0 Å². The highest BCUT2D eigenvalue weighted by Crippen LogP contribution is 2.51. The summed E-state index contributed by atoms with van der Waals surface area (Å²) in [5.74, 6) is 0. The van der Waals surface area contributed by atoms with E-state index in [0.29, 0.717) is 16.0 Å². The maximum Gasteiger partial charge on any atom is 0.600 e. The van der Waals surface area contributed by atoms with E-state index in [2.05, 4.69) is 0 Å². The fraction of sp³-hybridized carbons (Fsp3) is 0.529. The van der Waals surface area contributed by atoms with Gasteiger partial charge in [-0.1, -0.05) is 40.2 Å². The minimum absolute atomic E-state index is 0.137. The Bertz CT molecular complexity index is 630. The van der Waals surface area contributed by atoms with Gasteiger partial charge in [0, 0.05) is 23.9 Å². The molecule has 0 aliphatic rings. The standard InChI is InChI=1S/C17H22F3S/c1-5-6-7-14-10-12-8-9-13(16(2,3)4)11-15(12)21(14)17(18,19)20/h8-11H,5-7H2,1-4H3/q+1. The third kappa shape index (κ3) is 3.42. The summed E-state index contributed by atoms with van der Waals surface area (Å²) in [4.78, 5) is 0.547. The Balaban J connectivity index is 2.65. The average Bonchev–Trinajstić information content (AvgIpc) is 2.71. The van der Waals surface area contributed by atoms with Crippen molar-refractivity contribution in [2.45, 2.75) is 57.9 Å². The molecule has 1 unspecified atom stereocenters. The minimum atomic E-state index is -4.18. The molecule has 1 aromatic heterocycles. The monoisotopic (exact) mass is 315 g/mol. The summed E-state index contributed by atoms with van der Waals surface area (Å²) in [6.45, 7) is 8.09. The number of aryl methyl sites for hydroxylation is 1. The lowest BCUT2D eigenvalue weighted by Gasteiger charge is -2.18. The molecule has 2 aromatic rings. The van der Waals surface area contributed by atoms with E-state index in [-0.39, 0.29) is 5.41 Å². The van der Waals surface area contributed by atoms with Crippen LogP contribution in [0.15, 0.2) is 24.3 Å². The molecule has 0 bridgehead atoms. The summed E-state index contributed by atoms with van der Waals surface area (Å²) in [6, 6.07) is 7.33. The number of hydrogen-bond acceptors (Lipinski definition) is 0. The molecule has 1 heterocycles. The lowest BCUT2D eigenvalue weighted by atomic mass is 9.87. The molecule has 0 N–H and O–H groups in total. The van der Waals surface area contributed by atoms with E-state index >= 15 is 0 Å². The maximum absolute atomic E-state index is 13.5. The zero-order chi connectivity index (χ0) is 15.8. The molecule has 1 atom stereocenters. The van der Waals surface area contributed by atoms with Crippen LogP contribution in [-0.2, 0) is 17.3 Å². The summed E-state index contributed by atoms with van der Waals surface area (Å²) in [5, 5.41) is 0.745. The molecule has 21 heavy (non-hydrogen) atoms. The number of unbranched alkanes of at least 4 members (excludes halogenated alkanes) is 1. The van der Waals surface area contributed by atoms with Crippen LogP contribution >= 0.6 is 10.5 Å². The SMILES string of the molecule is CCCCc1cc2ccc(C(C)(C)C)cc2[s+]1C(F)(F)F. The number of alkyl halides is 3. The van der Waals surface area contributed by atoms with Crippen LogP contribution in [0.25, 0.3) is 10.1 Å². The van der Waals surface area contributed by atoms with Crippen molar-refractivity contribution < 1.29 is 13.2 Å². The predicted molar refractivity (Wildman–Crippen MR) is 85.0 cm³/mol. The quantitative estimate of drug-likeness (QED) is 0.552. The van der Waals surface area contributed by atoms with E-state index < -0.39 is 16.0 Å². The highest BCUT2D eigenvalue weighted by Gasteiger charge is 2.47. The summed E-state index contributed by atoms with van der Waals surface area (Å²) in [7, 11) is -1.74. The number of thiophene rings is 1. The van der Waals surface area contributed by atoms with E-state index in [9.17, 15) is 13.2 Å². The van der Waals surface area contributed by atoms with E-state index in [0.717, 1.165) is 23.8 Å². The molecule has 2 rings (SSSR count). The smallest absolute Gasteiger partial charge is 0.118 e. The third-order valence-corrected chi connectivity index (χ3v) is 5.79. The average molecular weight is 315 g/mol. The number of fused-ring (bicyclic) bond motifs is 1. The molecule has 0 amide bonds. The predicted octanol–water partition coefficient (Wildman–Crippen LogP) is 6.71. The van der Waals surface area contributed by atoms with E-state index in [4.69, 9.17) is 0 Å². The molecular weight excluding hydrogens is 293 g/mol. The van der Waals surface area contributed by atoms with Gasteiger partial charge < -0.3 is 0 Å². The maximum atomic E-state index is 13.5. The first-order chi connectivity index (χ1) is 9.64. The second-order valence-corrected chi connectivity index (χ2v) is 8.51. The Hall–Kier alpha value is -1.03. The largest absolute Gasteiger partial charge is 0.600 e. The molecule has 1 aromatic carbocycles. The number of rotatable bonds is 3. The highest BCUT2D eigenvalue weighted by molar-refractivity contribution is 7.38. The lowest BCUT2D eigenvalue weighted by Crippen LogP contribution is -2.10. The van der Waals surface area contributed by atoms with Crippen molar-refractivity contribution in [1.29, 1.82) is 0 Å². The Morgan fingerprint density at radius 1 is 1.05 bits per heavy atom. The van der Waals surface area contributed by atoms with Crippen molar-refractivity contribution in [1.82, 2.24) is 0 Å². The van der Waals surface area contributed by atoms with Crippen LogP contribution in [0, 0.1) is 0 Å². The molecule has 0 saturated carbocycles. The van der Waals surface area contributed by atoms with Crippen molar-refractivity contribution in [2.75, 3.05) is 0 Å². The molecule has 0 aliphatic carbocycles. The van der Waals surface area contributed by atoms with Gasteiger partial charge in [-0.2, -0.15) is 0 Å². The summed E-state index contributed by atoms with van der Waals surface area (Å²) in [5.41, 5.74) is -3.35. The van der Waals surface area contributed by atoms with Gasteiger partial charge in [-0.3, -0.25) is 0 Å². The fourth-order valence-electron chi connectivity index (χ4n) is 2.47. The number of hydrogen-bond donors (Lipinski definition) is 0. The van der Waals surface area contributed by atoms with E-state index in [1.165, 1.54) is 0 Å². The number of benzene rings is 1. The van der Waals surface area contributed by atoms with Crippen molar-refractivity contribution in [3.8, 4) is 0 Å². The topological polar surface area (TPSA) is 0 Å². The van der Waals surface area contributed by atoms with Crippen molar-refractivity contribution >= 4 is 20.6 Å². The van der Waals surface area contributed by atoms with Crippen LogP contribution in [-0.4, -0.2) is 0 Å². The molecule has 0 fully saturated rings. The Kier molecular flexibility index (Phi) is 4.39. The van der Waals surface area contributed by atoms with Crippen LogP contribution in [0.2, 0.25) is 0 Å². The highest BCUT2D eigenvalue weighted by atomic mass is 32.2. The van der Waals surface area contributed by atoms with Gasteiger partial charge in [0.2, 0.25) is 0 Å². The van der Waals surface area contributed by atoms with Gasteiger partial charge in [-0.05, 0) is 23.5 Å². The molecule has 0 spiro atoms. The van der Waals surface area contributed by atoms with Crippen molar-refractivity contribution in [3.05, 3.63) is 34.7 Å². The lowest BCUT2D eigenvalue weighted by molar-refractivity contribution is -0.0867. The normalized spacial score (nSPS) is 14.0. The Morgan fingerprint density at radius 3 is 2.24 bits per heavy atom. The van der Waals surface area contributed by atoms with Gasteiger partial charge in [0.25, 0.3) is 0 Å². The first kappa shape index (κ1) is 16.3. The summed E-state index contributed by atoms with van der Waals surface area (Å²) in [6.07, 6.45) is 2.26. The molecule has 0 radical (unpaired) electrons. The second-order valence-electron chi connectivity index (χ2n) is 6.47. The van der Waals surface area contributed by atoms with Crippen LogP contribution in [0.1, 0.15) is 51.0 Å². The van der Waals surface area contributed by atoms with Gasteiger partial charge in [-0.15, -0.1) is 13.2 Å². The molecule has 116 valence electrons. The van der Waals surface area contributed by atoms with Gasteiger partial charge in [0.1, 0.15) is 0 Å². The van der Waals surface area contributed by atoms with Gasteiger partial charge >= 0.3 is 5.51 Å². The van der Waals surface area contributed by atoms with Crippen molar-refractivity contribution in [2.24, 2.45) is 0 Å². The van der Waals surface area contributed by atoms with Crippen LogP contribution in [0.5, 0.6) is 0 Å². The molecule has 4 heteroatoms. The van der Waals surface area contributed by atoms with Crippen LogP contribution < -0.4 is 0 Å². The summed E-state index contributed by atoms with van der Waals surface area (Å²) >= 11 is 0. The van der Waals surface area contributed by atoms with Crippen LogP contribution in [0.4, 0.5) is 13.2 Å². The first-order valence-corrected chi connectivity index (χ1v) is 8.53. The third-order valence-electron chi connectivity index (χ3n) is 3.69. The zero-order valence-electron chi connectivity index (χ0n) is 13.0. The molecule has 0 nitrogen and oxygen atoms in total. The van der Waals surface area contributed by atoms with Crippen LogP contribution in [0.3, 0.4) is 0 Å². The van der Waals surface area contributed by atoms with E-state index in [1.54, 1.807) is 12.1 Å². The van der Waals surface area contributed by atoms with Gasteiger partial charge in [0.05, 0.1) is 10.5 Å². The zero-order valence-corrected chi connectivity index (χ0v) is 13.8. The van der Waals surface area contributed by atoms with Crippen molar-refractivity contribution in [3.63, 3.8) is 0 Å². The molecular formula is C17H22F3S+. The Labute approximate surface area is 127 Å². The molecule has 0 saturated heterocycles. The number of halogens is 3. The van der Waals surface area contributed by atoms with Gasteiger partial charge in [0.15, 0.2) is 9.58 Å². The van der Waals surface area contributed by atoms with E-state index in [1.807, 2.05) is 39.8 Å². The fourth-order valence-corrected chi connectivity index (χ4v) is 4.50. The first-order valence-electron chi connectivity index (χ1n) is 7.31. The summed E-state index contributed by atoms with van der Waals surface area (Å²) < 4.78 is 41.0. The Morgan fingerprint density at radius 2 is 1.71 bits per heavy atom. The minimum Gasteiger partial charge on any atom is -0.118 e. The second kappa shape index (κ2) is 5.64. The molecule has 0 aliphatic heterocycles.